The fourth-order valence-electron chi connectivity index (χ4n) is 7.22. The summed E-state index contributed by atoms with van der Waals surface area (Å²) in [6.45, 7) is 14.6. The Morgan fingerprint density at radius 2 is 1.92 bits per heavy atom. The average molecular weight is 495 g/mol. The fraction of sp³-hybridized carbons (Fsp3) is 0.645. The van der Waals surface area contributed by atoms with Crippen LogP contribution in [0.3, 0.4) is 0 Å². The van der Waals surface area contributed by atoms with Gasteiger partial charge in [-0.15, -0.1) is 6.58 Å². The van der Waals surface area contributed by atoms with Crippen molar-refractivity contribution in [3.05, 3.63) is 46.8 Å². The first-order valence-electron chi connectivity index (χ1n) is 13.7. The van der Waals surface area contributed by atoms with Gasteiger partial charge in [0.15, 0.2) is 5.76 Å². The molecule has 4 aliphatic rings. The maximum atomic E-state index is 14.0. The zero-order valence-electron chi connectivity index (χ0n) is 22.6. The molecule has 5 nitrogen and oxygen atoms in total. The van der Waals surface area contributed by atoms with Crippen molar-refractivity contribution in [1.29, 1.82) is 0 Å². The molecule has 0 aromatic carbocycles. The molecule has 5 heteroatoms. The lowest BCUT2D eigenvalue weighted by molar-refractivity contribution is -0.153. The van der Waals surface area contributed by atoms with Gasteiger partial charge in [0.05, 0.1) is 5.57 Å². The van der Waals surface area contributed by atoms with Crippen molar-refractivity contribution in [1.82, 2.24) is 0 Å². The minimum absolute atomic E-state index is 0.0228. The van der Waals surface area contributed by atoms with Gasteiger partial charge in [0, 0.05) is 16.9 Å². The number of aliphatic hydroxyl groups is 1. The van der Waals surface area contributed by atoms with Crippen molar-refractivity contribution < 1.29 is 24.2 Å². The van der Waals surface area contributed by atoms with Gasteiger partial charge >= 0.3 is 5.97 Å². The van der Waals surface area contributed by atoms with Crippen LogP contribution in [-0.4, -0.2) is 28.7 Å². The predicted molar refractivity (Wildman–Crippen MR) is 140 cm³/mol. The van der Waals surface area contributed by atoms with Crippen LogP contribution in [-0.2, 0) is 19.1 Å². The molecule has 0 heterocycles. The average Bonchev–Trinajstić information content (AvgIpc) is 3.16. The lowest BCUT2D eigenvalue weighted by Gasteiger charge is -2.38. The third-order valence-electron chi connectivity index (χ3n) is 10.1. The molecule has 0 spiro atoms. The van der Waals surface area contributed by atoms with Crippen molar-refractivity contribution in [3.63, 3.8) is 0 Å². The molecule has 2 fully saturated rings. The first kappa shape index (κ1) is 26.6. The molecule has 4 aliphatic carbocycles. The van der Waals surface area contributed by atoms with Gasteiger partial charge in [-0.3, -0.25) is 9.59 Å². The zero-order valence-corrected chi connectivity index (χ0v) is 22.6. The van der Waals surface area contributed by atoms with Crippen LogP contribution in [0.1, 0.15) is 92.4 Å². The van der Waals surface area contributed by atoms with E-state index in [1.165, 1.54) is 0 Å². The summed E-state index contributed by atoms with van der Waals surface area (Å²) in [5.41, 5.74) is 0.961. The quantitative estimate of drug-likeness (QED) is 0.133. The van der Waals surface area contributed by atoms with Crippen molar-refractivity contribution in [3.8, 4) is 0 Å². The molecule has 0 aromatic heterocycles. The second kappa shape index (κ2) is 9.79. The lowest BCUT2D eigenvalue weighted by Crippen LogP contribution is -2.40. The molecule has 2 saturated carbocycles. The summed E-state index contributed by atoms with van der Waals surface area (Å²) in [5, 5.41) is 11.0. The summed E-state index contributed by atoms with van der Waals surface area (Å²) in [5.74, 6) is -2.47. The fourth-order valence-corrected chi connectivity index (χ4v) is 7.22. The van der Waals surface area contributed by atoms with Crippen LogP contribution in [0.4, 0.5) is 0 Å². The minimum Gasteiger partial charge on any atom is -0.504 e. The molecule has 0 aliphatic heterocycles. The number of fused-ring (bicyclic) bond motifs is 2. The van der Waals surface area contributed by atoms with Gasteiger partial charge in [0.25, 0.3) is 0 Å². The highest BCUT2D eigenvalue weighted by atomic mass is 16.5. The smallest absolute Gasteiger partial charge is 0.342 e. The van der Waals surface area contributed by atoms with E-state index in [2.05, 4.69) is 34.3 Å². The highest BCUT2D eigenvalue weighted by Gasteiger charge is 2.63. The first-order valence-corrected chi connectivity index (χ1v) is 13.7. The summed E-state index contributed by atoms with van der Waals surface area (Å²) in [6.07, 6.45) is 10.7. The molecule has 5 atom stereocenters. The largest absolute Gasteiger partial charge is 0.504 e. The van der Waals surface area contributed by atoms with Gasteiger partial charge in [-0.2, -0.15) is 0 Å². The van der Waals surface area contributed by atoms with E-state index in [9.17, 15) is 19.5 Å². The van der Waals surface area contributed by atoms with Gasteiger partial charge in [0.2, 0.25) is 11.6 Å². The molecule has 0 amide bonds. The zero-order chi connectivity index (χ0) is 26.4. The Morgan fingerprint density at radius 1 is 1.19 bits per heavy atom. The number of aliphatic hydroxyl groups excluding tert-OH is 1. The molecule has 2 bridgehead atoms. The Labute approximate surface area is 215 Å². The van der Waals surface area contributed by atoms with Crippen LogP contribution >= 0.6 is 0 Å². The van der Waals surface area contributed by atoms with Gasteiger partial charge in [-0.25, -0.2) is 4.79 Å². The maximum Gasteiger partial charge on any atom is 0.342 e. The number of hydrogen-bond acceptors (Lipinski definition) is 5. The Kier molecular flexibility index (Phi) is 7.24. The second-order valence-corrected chi connectivity index (χ2v) is 12.2. The lowest BCUT2D eigenvalue weighted by atomic mass is 9.70. The van der Waals surface area contributed by atoms with Crippen molar-refractivity contribution in [2.75, 3.05) is 0 Å². The number of rotatable bonds is 8. The SMILES string of the molecule is C=CC1CCC(C)=C[C@H]1C1=C(O)C(=O)C(CCCCC)=C(C(=O)OC2CC3CCC2(C)C3(C)C)C1=O. The van der Waals surface area contributed by atoms with Crippen molar-refractivity contribution in [2.45, 2.75) is 98.5 Å². The molecular weight excluding hydrogens is 452 g/mol. The van der Waals surface area contributed by atoms with Crippen molar-refractivity contribution in [2.24, 2.45) is 28.6 Å². The molecular formula is C31H42O5. The third kappa shape index (κ3) is 4.13. The molecule has 4 unspecified atom stereocenters. The summed E-state index contributed by atoms with van der Waals surface area (Å²) in [6, 6.07) is 0. The number of allylic oxidation sites excluding steroid dienone is 5. The summed E-state index contributed by atoms with van der Waals surface area (Å²) in [4.78, 5) is 41.2. The Hall–Kier alpha value is -2.43. The number of carbonyl (C=O) groups is 3. The molecule has 0 radical (unpaired) electrons. The van der Waals surface area contributed by atoms with Crippen LogP contribution in [0.2, 0.25) is 0 Å². The second-order valence-electron chi connectivity index (χ2n) is 12.2. The van der Waals surface area contributed by atoms with E-state index in [0.29, 0.717) is 12.3 Å². The Balaban J connectivity index is 1.71. The van der Waals surface area contributed by atoms with Crippen LogP contribution in [0.5, 0.6) is 0 Å². The summed E-state index contributed by atoms with van der Waals surface area (Å²) >= 11 is 0. The number of carbonyl (C=O) groups excluding carboxylic acids is 3. The van der Waals surface area contributed by atoms with E-state index in [1.54, 1.807) is 6.08 Å². The predicted octanol–water partition coefficient (Wildman–Crippen LogP) is 6.74. The maximum absolute atomic E-state index is 14.0. The van der Waals surface area contributed by atoms with Crippen molar-refractivity contribution >= 4 is 17.5 Å². The number of hydrogen-bond donors (Lipinski definition) is 1. The highest BCUT2D eigenvalue weighted by Crippen LogP contribution is 2.66. The van der Waals surface area contributed by atoms with E-state index in [1.807, 2.05) is 13.0 Å². The minimum atomic E-state index is -0.703. The van der Waals surface area contributed by atoms with E-state index < -0.39 is 29.2 Å². The first-order chi connectivity index (χ1) is 17.0. The number of ether oxygens (including phenoxy) is 1. The molecule has 4 rings (SSSR count). The van der Waals surface area contributed by atoms with Gasteiger partial charge in [0.1, 0.15) is 11.7 Å². The Morgan fingerprint density at radius 3 is 2.50 bits per heavy atom. The van der Waals surface area contributed by atoms with Crippen LogP contribution in [0, 0.1) is 28.6 Å². The number of ketones is 2. The normalized spacial score (nSPS) is 33.8. The van der Waals surface area contributed by atoms with E-state index in [0.717, 1.165) is 50.5 Å². The van der Waals surface area contributed by atoms with E-state index in [-0.39, 0.29) is 46.0 Å². The molecule has 196 valence electrons. The van der Waals surface area contributed by atoms with E-state index in [4.69, 9.17) is 4.74 Å². The number of esters is 1. The molecule has 0 aromatic rings. The molecule has 36 heavy (non-hydrogen) atoms. The van der Waals surface area contributed by atoms with Crippen LogP contribution < -0.4 is 0 Å². The molecule has 1 N–H and O–H groups in total. The van der Waals surface area contributed by atoms with E-state index >= 15 is 0 Å². The third-order valence-corrected chi connectivity index (χ3v) is 10.1. The van der Waals surface area contributed by atoms with Crippen LogP contribution in [0.25, 0.3) is 0 Å². The van der Waals surface area contributed by atoms with Gasteiger partial charge in [-0.1, -0.05) is 58.3 Å². The summed E-state index contributed by atoms with van der Waals surface area (Å²) < 4.78 is 6.11. The number of unbranched alkanes of at least 4 members (excludes halogenated alkanes) is 2. The Bertz CT molecular complexity index is 1070. The number of Topliss-reactive ketones (excluding diaryl/α,β-unsaturated/α-hetero) is 2. The van der Waals surface area contributed by atoms with Crippen LogP contribution in [0.15, 0.2) is 46.8 Å². The van der Waals surface area contributed by atoms with Gasteiger partial charge < -0.3 is 9.84 Å². The monoisotopic (exact) mass is 494 g/mol. The summed E-state index contributed by atoms with van der Waals surface area (Å²) in [7, 11) is 0. The topological polar surface area (TPSA) is 80.7 Å². The highest BCUT2D eigenvalue weighted by molar-refractivity contribution is 6.34. The molecule has 0 saturated heterocycles. The van der Waals surface area contributed by atoms with Gasteiger partial charge in [-0.05, 0) is 69.1 Å². The standard InChI is InChI=1S/C31H42O5/c1-7-9-10-11-21-25(29(35)36-23-17-20-14-15-31(23,6)30(20,4)5)27(33)24(28(34)26(21)32)22-16-18(3)12-13-19(22)8-2/h8,16,19-20,22-23,34H,2,7,9-15,17H2,1,3-6H3/t19?,20?,22-,23?,31?/m1/s1.